The molecule has 1 amide bonds. The molecule has 0 unspecified atom stereocenters. The molecule has 0 bridgehead atoms. The fraction of sp³-hybridized carbons (Fsp3) is 0.391. The molecule has 0 fully saturated rings. The van der Waals surface area contributed by atoms with Gasteiger partial charge in [0.25, 0.3) is 5.91 Å². The summed E-state index contributed by atoms with van der Waals surface area (Å²) < 4.78 is 37.6. The molecule has 0 aliphatic rings. The quantitative estimate of drug-likeness (QED) is 0.401. The molecule has 9 heteroatoms. The van der Waals surface area contributed by atoms with Crippen molar-refractivity contribution in [2.45, 2.75) is 38.5 Å². The number of carbonyl (C=O) groups excluding carboxylic acids is 2. The Balaban J connectivity index is 2.21. The minimum atomic E-state index is -3.82. The van der Waals surface area contributed by atoms with Gasteiger partial charge in [-0.1, -0.05) is 27.2 Å². The van der Waals surface area contributed by atoms with Crippen LogP contribution in [0.3, 0.4) is 0 Å². The number of esters is 1. The van der Waals surface area contributed by atoms with Crippen molar-refractivity contribution < 1.29 is 27.5 Å². The van der Waals surface area contributed by atoms with Crippen LogP contribution in [0.25, 0.3) is 0 Å². The topological polar surface area (TPSA) is 102 Å². The molecular weight excluding hydrogens is 432 g/mol. The first kappa shape index (κ1) is 25.4. The largest absolute Gasteiger partial charge is 0.495 e. The van der Waals surface area contributed by atoms with E-state index < -0.39 is 21.9 Å². The zero-order chi connectivity index (χ0) is 23.7. The van der Waals surface area contributed by atoms with Crippen molar-refractivity contribution in [3.8, 4) is 5.75 Å². The molecule has 2 aromatic carbocycles. The van der Waals surface area contributed by atoms with E-state index in [9.17, 15) is 18.0 Å². The van der Waals surface area contributed by atoms with Crippen LogP contribution in [0.15, 0.2) is 47.4 Å². The van der Waals surface area contributed by atoms with Crippen LogP contribution in [0.1, 0.15) is 54.3 Å². The fourth-order valence-corrected chi connectivity index (χ4v) is 4.65. The molecule has 174 valence electrons. The molecule has 0 heterocycles. The van der Waals surface area contributed by atoms with Crippen molar-refractivity contribution in [3.63, 3.8) is 0 Å². The molecule has 2 rings (SSSR count). The Labute approximate surface area is 189 Å². The maximum Gasteiger partial charge on any atom is 0.338 e. The van der Waals surface area contributed by atoms with Crippen molar-refractivity contribution in [3.05, 3.63) is 53.6 Å². The van der Waals surface area contributed by atoms with E-state index in [0.717, 1.165) is 12.8 Å². The Morgan fingerprint density at radius 2 is 1.59 bits per heavy atom. The average Bonchev–Trinajstić information content (AvgIpc) is 2.79. The van der Waals surface area contributed by atoms with Gasteiger partial charge in [-0.05, 0) is 48.9 Å². The van der Waals surface area contributed by atoms with Crippen molar-refractivity contribution >= 4 is 27.6 Å². The molecule has 0 saturated heterocycles. The van der Waals surface area contributed by atoms with Gasteiger partial charge in [0, 0.05) is 24.3 Å². The molecule has 2 aromatic rings. The van der Waals surface area contributed by atoms with E-state index in [2.05, 4.69) is 5.32 Å². The second kappa shape index (κ2) is 11.6. The summed E-state index contributed by atoms with van der Waals surface area (Å²) in [6.45, 7) is 6.46. The van der Waals surface area contributed by atoms with Crippen LogP contribution in [-0.4, -0.2) is 51.4 Å². The van der Waals surface area contributed by atoms with Gasteiger partial charge in [-0.3, -0.25) is 4.79 Å². The third-order valence-corrected chi connectivity index (χ3v) is 6.93. The Kier molecular flexibility index (Phi) is 9.22. The van der Waals surface area contributed by atoms with E-state index in [-0.39, 0.29) is 16.2 Å². The number of rotatable bonds is 11. The van der Waals surface area contributed by atoms with Crippen molar-refractivity contribution in [2.24, 2.45) is 0 Å². The molecule has 0 atom stereocenters. The van der Waals surface area contributed by atoms with E-state index in [1.54, 1.807) is 38.1 Å². The first-order chi connectivity index (χ1) is 15.3. The van der Waals surface area contributed by atoms with Crippen LogP contribution in [-0.2, 0) is 14.8 Å². The number of hydrogen-bond donors (Lipinski definition) is 1. The molecule has 0 spiro atoms. The van der Waals surface area contributed by atoms with Gasteiger partial charge in [-0.15, -0.1) is 0 Å². The predicted molar refractivity (Wildman–Crippen MR) is 123 cm³/mol. The summed E-state index contributed by atoms with van der Waals surface area (Å²) in [5, 5.41) is 2.71. The Morgan fingerprint density at radius 3 is 2.16 bits per heavy atom. The normalized spacial score (nSPS) is 11.3. The number of nitrogens with one attached hydrogen (secondary N) is 1. The van der Waals surface area contributed by atoms with E-state index >= 15 is 0 Å². The van der Waals surface area contributed by atoms with Crippen LogP contribution in [0.2, 0.25) is 0 Å². The molecule has 8 nitrogen and oxygen atoms in total. The van der Waals surface area contributed by atoms with Crippen molar-refractivity contribution in [2.75, 3.05) is 32.1 Å². The maximum atomic E-state index is 13.0. The smallest absolute Gasteiger partial charge is 0.338 e. The van der Waals surface area contributed by atoms with Gasteiger partial charge in [0.05, 0.1) is 19.3 Å². The van der Waals surface area contributed by atoms with Gasteiger partial charge in [0.2, 0.25) is 10.0 Å². The first-order valence-corrected chi connectivity index (χ1v) is 12.0. The Bertz CT molecular complexity index is 1030. The maximum absolute atomic E-state index is 13.0. The summed E-state index contributed by atoms with van der Waals surface area (Å²) >= 11 is 0. The number of hydrogen-bond acceptors (Lipinski definition) is 6. The van der Waals surface area contributed by atoms with Gasteiger partial charge in [-0.2, -0.15) is 4.31 Å². The molecule has 0 saturated carbocycles. The summed E-state index contributed by atoms with van der Waals surface area (Å²) in [6.07, 6.45) is 1.73. The number of carbonyl (C=O) groups is 2. The van der Waals surface area contributed by atoms with E-state index in [1.165, 1.54) is 29.6 Å². The van der Waals surface area contributed by atoms with Crippen LogP contribution in [0.4, 0.5) is 5.69 Å². The molecule has 0 aliphatic carbocycles. The highest BCUT2D eigenvalue weighted by atomic mass is 32.2. The standard InChI is InChI=1S/C23H30N2O6S/c1-5-8-15-31-23(27)17-9-12-19(13-10-17)24-22(26)18-11-14-20(30-4)21(16-18)32(28,29)25(6-2)7-3/h9-14,16H,5-8,15H2,1-4H3,(H,24,26). The predicted octanol–water partition coefficient (Wildman–Crippen LogP) is 3.93. The summed E-state index contributed by atoms with van der Waals surface area (Å²) in [6, 6.07) is 10.6. The monoisotopic (exact) mass is 462 g/mol. The number of benzene rings is 2. The lowest BCUT2D eigenvalue weighted by Crippen LogP contribution is -2.31. The third kappa shape index (κ3) is 6.08. The van der Waals surface area contributed by atoms with Crippen molar-refractivity contribution in [1.29, 1.82) is 0 Å². The van der Waals surface area contributed by atoms with E-state index in [4.69, 9.17) is 9.47 Å². The highest BCUT2D eigenvalue weighted by molar-refractivity contribution is 7.89. The Hall–Kier alpha value is -2.91. The zero-order valence-electron chi connectivity index (χ0n) is 18.9. The van der Waals surface area contributed by atoms with Crippen LogP contribution >= 0.6 is 0 Å². The number of sulfonamides is 1. The minimum Gasteiger partial charge on any atom is -0.495 e. The van der Waals surface area contributed by atoms with E-state index in [1.807, 2.05) is 6.92 Å². The summed E-state index contributed by atoms with van der Waals surface area (Å²) in [4.78, 5) is 24.7. The lowest BCUT2D eigenvalue weighted by atomic mass is 10.1. The lowest BCUT2D eigenvalue weighted by molar-refractivity contribution is 0.0499. The summed E-state index contributed by atoms with van der Waals surface area (Å²) in [7, 11) is -2.44. The molecule has 1 N–H and O–H groups in total. The second-order valence-electron chi connectivity index (χ2n) is 6.98. The fourth-order valence-electron chi connectivity index (χ4n) is 3.01. The third-order valence-electron chi connectivity index (χ3n) is 4.86. The molecular formula is C23H30N2O6S. The van der Waals surface area contributed by atoms with Gasteiger partial charge in [0.1, 0.15) is 10.6 Å². The zero-order valence-corrected chi connectivity index (χ0v) is 19.7. The molecule has 32 heavy (non-hydrogen) atoms. The van der Waals surface area contributed by atoms with Gasteiger partial charge in [0.15, 0.2) is 0 Å². The number of ether oxygens (including phenoxy) is 2. The molecule has 0 aliphatic heterocycles. The van der Waals surface area contributed by atoms with Crippen LogP contribution in [0.5, 0.6) is 5.75 Å². The van der Waals surface area contributed by atoms with Crippen LogP contribution < -0.4 is 10.1 Å². The SMILES string of the molecule is CCCCOC(=O)c1ccc(NC(=O)c2ccc(OC)c(S(=O)(=O)N(CC)CC)c2)cc1. The lowest BCUT2D eigenvalue weighted by Gasteiger charge is -2.20. The molecule has 0 radical (unpaired) electrons. The van der Waals surface area contributed by atoms with Crippen LogP contribution in [0, 0.1) is 0 Å². The number of methoxy groups -OCH3 is 1. The first-order valence-electron chi connectivity index (χ1n) is 10.5. The highest BCUT2D eigenvalue weighted by Gasteiger charge is 2.26. The van der Waals surface area contributed by atoms with Gasteiger partial charge >= 0.3 is 5.97 Å². The summed E-state index contributed by atoms with van der Waals surface area (Å²) in [5.41, 5.74) is 1.01. The minimum absolute atomic E-state index is 0.0680. The number of anilines is 1. The van der Waals surface area contributed by atoms with E-state index in [0.29, 0.717) is 30.9 Å². The average molecular weight is 463 g/mol. The second-order valence-corrected chi connectivity index (χ2v) is 8.88. The number of nitrogens with zero attached hydrogens (tertiary/aromatic N) is 1. The van der Waals surface area contributed by atoms with Gasteiger partial charge < -0.3 is 14.8 Å². The summed E-state index contributed by atoms with van der Waals surface area (Å²) in [5.74, 6) is -0.737. The van der Waals surface area contributed by atoms with Crippen molar-refractivity contribution in [1.82, 2.24) is 4.31 Å². The number of unbranched alkanes of at least 4 members (excludes halogenated alkanes) is 1. The molecule has 0 aromatic heterocycles. The van der Waals surface area contributed by atoms with Gasteiger partial charge in [-0.25, -0.2) is 13.2 Å². The Morgan fingerprint density at radius 1 is 0.969 bits per heavy atom. The highest BCUT2D eigenvalue weighted by Crippen LogP contribution is 2.28. The number of amides is 1.